The molecule has 2 aliphatic heterocycles. The molecule has 1 spiro atoms. The Bertz CT molecular complexity index is 1180. The number of rotatable bonds is 0. The van der Waals surface area contributed by atoms with Crippen molar-refractivity contribution in [3.05, 3.63) is 87.9 Å². The fourth-order valence-corrected chi connectivity index (χ4v) is 4.55. The van der Waals surface area contributed by atoms with Crippen LogP contribution in [0.3, 0.4) is 0 Å². The minimum atomic E-state index is -0.389. The lowest BCUT2D eigenvalue weighted by Crippen LogP contribution is -2.39. The first-order valence-corrected chi connectivity index (χ1v) is 8.39. The highest BCUT2D eigenvalue weighted by molar-refractivity contribution is 5.84. The number of hydrogen-bond acceptors (Lipinski definition) is 2. The molecule has 3 aromatic carbocycles. The highest BCUT2D eigenvalue weighted by Crippen LogP contribution is 2.46. The molecule has 2 nitrogen and oxygen atoms in total. The Labute approximate surface area is 141 Å². The summed E-state index contributed by atoms with van der Waals surface area (Å²) in [6.45, 7) is -0.389. The summed E-state index contributed by atoms with van der Waals surface area (Å²) >= 11 is 0. The highest BCUT2D eigenvalue weighted by Gasteiger charge is 2.44. The summed E-state index contributed by atoms with van der Waals surface area (Å²) in [7, 11) is 0. The Kier molecular flexibility index (Phi) is 2.07. The zero-order chi connectivity index (χ0) is 16.6. The topological polar surface area (TPSA) is 24.4 Å². The molecule has 114 valence electrons. The minimum absolute atomic E-state index is 0.309. The smallest absolute Gasteiger partial charge is 0.0744 e. The molecule has 0 amide bonds. The van der Waals surface area contributed by atoms with Crippen molar-refractivity contribution in [1.82, 2.24) is 5.32 Å². The SMILES string of the molecule is [2H]C1NC2(CC=c3ccc4c(c32)-c2ccccc2N=4)c2ccccc21. The summed E-state index contributed by atoms with van der Waals surface area (Å²) < 4.78 is 8.54. The van der Waals surface area contributed by atoms with Gasteiger partial charge in [0.2, 0.25) is 0 Å². The molecule has 2 atom stereocenters. The zero-order valence-electron chi connectivity index (χ0n) is 14.1. The Morgan fingerprint density at radius 3 is 2.88 bits per heavy atom. The lowest BCUT2D eigenvalue weighted by atomic mass is 9.80. The molecule has 2 unspecified atom stereocenters. The Morgan fingerprint density at radius 1 is 1.00 bits per heavy atom. The molecule has 1 aliphatic carbocycles. The van der Waals surface area contributed by atoms with Crippen molar-refractivity contribution in [3.63, 3.8) is 0 Å². The van der Waals surface area contributed by atoms with Gasteiger partial charge in [0.1, 0.15) is 0 Å². The van der Waals surface area contributed by atoms with Gasteiger partial charge in [-0.1, -0.05) is 54.6 Å². The van der Waals surface area contributed by atoms with Crippen LogP contribution >= 0.6 is 0 Å². The molecule has 0 radical (unpaired) electrons. The highest BCUT2D eigenvalue weighted by atomic mass is 15.0. The molecule has 3 aromatic rings. The van der Waals surface area contributed by atoms with Crippen LogP contribution in [0.25, 0.3) is 17.2 Å². The van der Waals surface area contributed by atoms with Gasteiger partial charge in [-0.05, 0) is 40.5 Å². The second-order valence-corrected chi connectivity index (χ2v) is 6.74. The molecule has 2 heteroatoms. The predicted octanol–water partition coefficient (Wildman–Crippen LogP) is 3.15. The quantitative estimate of drug-likeness (QED) is 0.530. The van der Waals surface area contributed by atoms with Gasteiger partial charge < -0.3 is 0 Å². The third kappa shape index (κ3) is 1.38. The van der Waals surface area contributed by atoms with Crippen LogP contribution < -0.4 is 15.9 Å². The van der Waals surface area contributed by atoms with E-state index in [-0.39, 0.29) is 12.1 Å². The molecule has 0 bridgehead atoms. The number of benzene rings is 3. The van der Waals surface area contributed by atoms with E-state index in [9.17, 15) is 0 Å². The van der Waals surface area contributed by atoms with Crippen LogP contribution in [0.1, 0.15) is 24.5 Å². The number of hydrogen-bond donors (Lipinski definition) is 1. The average molecular weight is 309 g/mol. The lowest BCUT2D eigenvalue weighted by Gasteiger charge is -2.29. The van der Waals surface area contributed by atoms with Gasteiger partial charge in [0.15, 0.2) is 0 Å². The predicted molar refractivity (Wildman–Crippen MR) is 95.5 cm³/mol. The summed E-state index contributed by atoms with van der Waals surface area (Å²) in [5, 5.41) is 5.91. The summed E-state index contributed by atoms with van der Waals surface area (Å²) in [6.07, 6.45) is 3.19. The summed E-state index contributed by atoms with van der Waals surface area (Å²) in [6, 6.07) is 21.0. The number of fused-ring (bicyclic) bond motifs is 8. The van der Waals surface area contributed by atoms with Crippen LogP contribution in [-0.2, 0) is 12.1 Å². The van der Waals surface area contributed by atoms with Gasteiger partial charge in [-0.3, -0.25) is 5.32 Å². The van der Waals surface area contributed by atoms with Crippen LogP contribution in [0, 0.1) is 0 Å². The first-order valence-electron chi connectivity index (χ1n) is 8.97. The van der Waals surface area contributed by atoms with Gasteiger partial charge in [-0.15, -0.1) is 0 Å². The summed E-state index contributed by atoms with van der Waals surface area (Å²) in [4.78, 5) is 4.83. The molecular weight excluding hydrogens is 292 g/mol. The third-order valence-corrected chi connectivity index (χ3v) is 5.58. The molecule has 24 heavy (non-hydrogen) atoms. The maximum absolute atomic E-state index is 8.54. The number of nitrogens with one attached hydrogen (secondary N) is 1. The zero-order valence-corrected chi connectivity index (χ0v) is 13.1. The molecule has 0 saturated carbocycles. The summed E-state index contributed by atoms with van der Waals surface area (Å²) in [5.74, 6) is 0. The standard InChI is InChI=1S/C22H16N2/c1-3-7-17-15(5-1)13-23-22(17)12-11-14-9-10-19-20(21(14)22)16-6-2-4-8-18(16)24-19/h1-11,23H,12-13H2/i13D. The van der Waals surface area contributed by atoms with Crippen molar-refractivity contribution >= 4 is 11.8 Å². The maximum atomic E-state index is 8.54. The van der Waals surface area contributed by atoms with Crippen LogP contribution in [0.4, 0.5) is 5.69 Å². The molecular formula is C22H16N2. The third-order valence-electron chi connectivity index (χ3n) is 5.58. The number of para-hydroxylation sites is 1. The van der Waals surface area contributed by atoms with Gasteiger partial charge in [-0.2, -0.15) is 0 Å². The van der Waals surface area contributed by atoms with Crippen molar-refractivity contribution in [2.45, 2.75) is 18.5 Å². The Balaban J connectivity index is 1.72. The lowest BCUT2D eigenvalue weighted by molar-refractivity contribution is 0.460. The van der Waals surface area contributed by atoms with Gasteiger partial charge in [0.05, 0.1) is 16.6 Å². The van der Waals surface area contributed by atoms with E-state index >= 15 is 0 Å². The monoisotopic (exact) mass is 309 g/mol. The fourth-order valence-electron chi connectivity index (χ4n) is 4.55. The second kappa shape index (κ2) is 4.22. The van der Waals surface area contributed by atoms with Crippen LogP contribution in [0.15, 0.2) is 65.7 Å². The van der Waals surface area contributed by atoms with Gasteiger partial charge >= 0.3 is 0 Å². The molecule has 0 saturated heterocycles. The first kappa shape index (κ1) is 11.8. The normalized spacial score (nSPS) is 25.3. The Hall–Kier alpha value is -2.71. The van der Waals surface area contributed by atoms with E-state index in [0.29, 0.717) is 0 Å². The van der Waals surface area contributed by atoms with Crippen molar-refractivity contribution in [2.75, 3.05) is 0 Å². The molecule has 6 rings (SSSR count). The Morgan fingerprint density at radius 2 is 1.88 bits per heavy atom. The van der Waals surface area contributed by atoms with Crippen molar-refractivity contribution < 1.29 is 1.37 Å². The average Bonchev–Trinajstić information content (AvgIpc) is 3.28. The van der Waals surface area contributed by atoms with Crippen molar-refractivity contribution in [3.8, 4) is 11.1 Å². The van der Waals surface area contributed by atoms with Crippen molar-refractivity contribution in [2.24, 2.45) is 4.99 Å². The van der Waals surface area contributed by atoms with Gasteiger partial charge in [-0.25, -0.2) is 4.99 Å². The van der Waals surface area contributed by atoms with Crippen molar-refractivity contribution in [1.29, 1.82) is 0 Å². The van der Waals surface area contributed by atoms with Crippen LogP contribution in [0.5, 0.6) is 0 Å². The van der Waals surface area contributed by atoms with E-state index in [4.69, 9.17) is 6.36 Å². The fraction of sp³-hybridized carbons (Fsp3) is 0.136. The minimum Gasteiger partial charge on any atom is -0.299 e. The molecule has 1 N–H and O–H groups in total. The van der Waals surface area contributed by atoms with E-state index in [1.807, 2.05) is 12.1 Å². The molecule has 0 aromatic heterocycles. The second-order valence-electron chi connectivity index (χ2n) is 6.74. The maximum Gasteiger partial charge on any atom is 0.0744 e. The van der Waals surface area contributed by atoms with Crippen LogP contribution in [-0.4, -0.2) is 0 Å². The van der Waals surface area contributed by atoms with Gasteiger partial charge in [0, 0.05) is 19.0 Å². The largest absolute Gasteiger partial charge is 0.299 e. The van der Waals surface area contributed by atoms with Gasteiger partial charge in [0.25, 0.3) is 0 Å². The van der Waals surface area contributed by atoms with E-state index in [2.05, 4.69) is 59.9 Å². The molecule has 2 heterocycles. The van der Waals surface area contributed by atoms with E-state index in [0.717, 1.165) is 23.0 Å². The van der Waals surface area contributed by atoms with Crippen LogP contribution in [0.2, 0.25) is 0 Å². The number of nitrogens with zero attached hydrogens (tertiary/aromatic N) is 1. The van der Waals surface area contributed by atoms with E-state index in [1.54, 1.807) is 0 Å². The van der Waals surface area contributed by atoms with E-state index < -0.39 is 0 Å². The summed E-state index contributed by atoms with van der Waals surface area (Å²) in [5.41, 5.74) is 6.79. The molecule has 3 aliphatic rings. The first-order chi connectivity index (χ1) is 12.3. The molecule has 0 fully saturated rings. The van der Waals surface area contributed by atoms with E-state index in [1.165, 1.54) is 27.5 Å².